The minimum absolute atomic E-state index is 0.0826. The van der Waals surface area contributed by atoms with Crippen molar-refractivity contribution in [3.8, 4) is 5.75 Å². The molecule has 25 heavy (non-hydrogen) atoms. The molecule has 2 amide bonds. The van der Waals surface area contributed by atoms with Crippen molar-refractivity contribution >= 4 is 34.3 Å². The number of carbonyl (C=O) groups excluding carboxylic acids is 2. The number of aromatic hydroxyl groups is 1. The third-order valence-electron chi connectivity index (χ3n) is 3.67. The van der Waals surface area contributed by atoms with Gasteiger partial charge in [-0.25, -0.2) is 0 Å². The highest BCUT2D eigenvalue weighted by Gasteiger charge is 2.11. The number of phenols is 1. The van der Waals surface area contributed by atoms with E-state index in [4.69, 9.17) is 11.6 Å². The molecule has 6 nitrogen and oxygen atoms in total. The van der Waals surface area contributed by atoms with E-state index in [1.54, 1.807) is 36.4 Å². The highest BCUT2D eigenvalue weighted by molar-refractivity contribution is 6.31. The standard InChI is InChI=1S/C18H16ClN3O3/c19-12-5-6-14-11(9-12)10-15(22-14)18(25)21-8-7-20-17(24)13-3-1-2-4-16(13)23/h1-6,9-10,22-23H,7-8H2,(H,20,24)(H,21,25). The lowest BCUT2D eigenvalue weighted by Gasteiger charge is -2.07. The molecule has 0 saturated carbocycles. The van der Waals surface area contributed by atoms with E-state index in [9.17, 15) is 14.7 Å². The number of benzene rings is 2. The van der Waals surface area contributed by atoms with Gasteiger partial charge < -0.3 is 20.7 Å². The molecular weight excluding hydrogens is 342 g/mol. The van der Waals surface area contributed by atoms with Crippen LogP contribution in [0, 0.1) is 0 Å². The first-order valence-corrected chi connectivity index (χ1v) is 8.05. The van der Waals surface area contributed by atoms with Crippen LogP contribution in [0.3, 0.4) is 0 Å². The summed E-state index contributed by atoms with van der Waals surface area (Å²) in [4.78, 5) is 27.1. The highest BCUT2D eigenvalue weighted by atomic mass is 35.5. The van der Waals surface area contributed by atoms with E-state index in [2.05, 4.69) is 15.6 Å². The number of nitrogens with one attached hydrogen (secondary N) is 3. The number of H-pyrrole nitrogens is 1. The molecule has 1 heterocycles. The van der Waals surface area contributed by atoms with Crippen molar-refractivity contribution in [2.75, 3.05) is 13.1 Å². The summed E-state index contributed by atoms with van der Waals surface area (Å²) in [6, 6.07) is 13.3. The molecule has 4 N–H and O–H groups in total. The average Bonchev–Trinajstić information content (AvgIpc) is 3.02. The molecular formula is C18H16ClN3O3. The molecule has 0 bridgehead atoms. The summed E-state index contributed by atoms with van der Waals surface area (Å²) in [7, 11) is 0. The van der Waals surface area contributed by atoms with Crippen LogP contribution in [0.4, 0.5) is 0 Å². The number of amides is 2. The number of fused-ring (bicyclic) bond motifs is 1. The van der Waals surface area contributed by atoms with Gasteiger partial charge in [-0.3, -0.25) is 9.59 Å². The SMILES string of the molecule is O=C(NCCNC(=O)c1ccccc1O)c1cc2cc(Cl)ccc2[nH]1. The maximum Gasteiger partial charge on any atom is 0.267 e. The van der Waals surface area contributed by atoms with Gasteiger partial charge in [0.05, 0.1) is 5.56 Å². The number of aromatic nitrogens is 1. The molecule has 128 valence electrons. The van der Waals surface area contributed by atoms with Gasteiger partial charge >= 0.3 is 0 Å². The lowest BCUT2D eigenvalue weighted by Crippen LogP contribution is -2.34. The Morgan fingerprint density at radius 3 is 2.48 bits per heavy atom. The van der Waals surface area contributed by atoms with Crippen molar-refractivity contribution in [3.63, 3.8) is 0 Å². The van der Waals surface area contributed by atoms with Crippen LogP contribution < -0.4 is 10.6 Å². The topological polar surface area (TPSA) is 94.2 Å². The van der Waals surface area contributed by atoms with Crippen molar-refractivity contribution in [2.24, 2.45) is 0 Å². The van der Waals surface area contributed by atoms with E-state index in [0.29, 0.717) is 10.7 Å². The molecule has 0 atom stereocenters. The summed E-state index contributed by atoms with van der Waals surface area (Å²) in [6.45, 7) is 0.499. The largest absolute Gasteiger partial charge is 0.507 e. The van der Waals surface area contributed by atoms with Crippen LogP contribution >= 0.6 is 11.6 Å². The number of aromatic amines is 1. The first-order valence-electron chi connectivity index (χ1n) is 7.67. The first-order chi connectivity index (χ1) is 12.0. The van der Waals surface area contributed by atoms with E-state index in [1.165, 1.54) is 12.1 Å². The van der Waals surface area contributed by atoms with Gasteiger partial charge in [-0.15, -0.1) is 0 Å². The van der Waals surface area contributed by atoms with E-state index in [0.717, 1.165) is 10.9 Å². The summed E-state index contributed by atoms with van der Waals surface area (Å²) in [6.07, 6.45) is 0. The second-order valence-electron chi connectivity index (χ2n) is 5.44. The number of phenolic OH excluding ortho intramolecular Hbond substituents is 1. The Morgan fingerprint density at radius 1 is 1.00 bits per heavy atom. The monoisotopic (exact) mass is 357 g/mol. The lowest BCUT2D eigenvalue weighted by atomic mass is 10.2. The molecule has 3 aromatic rings. The fourth-order valence-electron chi connectivity index (χ4n) is 2.43. The summed E-state index contributed by atoms with van der Waals surface area (Å²) in [5.41, 5.74) is 1.44. The fraction of sp³-hybridized carbons (Fsp3) is 0.111. The van der Waals surface area contributed by atoms with Crippen molar-refractivity contribution < 1.29 is 14.7 Å². The van der Waals surface area contributed by atoms with Crippen molar-refractivity contribution in [1.29, 1.82) is 0 Å². The molecule has 0 saturated heterocycles. The van der Waals surface area contributed by atoms with E-state index in [1.807, 2.05) is 0 Å². The molecule has 0 unspecified atom stereocenters. The van der Waals surface area contributed by atoms with Gasteiger partial charge in [0.25, 0.3) is 11.8 Å². The molecule has 0 radical (unpaired) electrons. The van der Waals surface area contributed by atoms with E-state index < -0.39 is 5.91 Å². The van der Waals surface area contributed by atoms with Crippen LogP contribution in [-0.2, 0) is 0 Å². The lowest BCUT2D eigenvalue weighted by molar-refractivity contribution is 0.0924. The number of rotatable bonds is 5. The molecule has 0 aliphatic heterocycles. The van der Waals surface area contributed by atoms with Gasteiger partial charge in [0.2, 0.25) is 0 Å². The smallest absolute Gasteiger partial charge is 0.267 e. The zero-order valence-corrected chi connectivity index (χ0v) is 13.9. The first kappa shape index (κ1) is 16.9. The summed E-state index contributed by atoms with van der Waals surface area (Å²) >= 11 is 5.93. The fourth-order valence-corrected chi connectivity index (χ4v) is 2.61. The zero-order valence-electron chi connectivity index (χ0n) is 13.2. The normalized spacial score (nSPS) is 10.6. The number of para-hydroxylation sites is 1. The zero-order chi connectivity index (χ0) is 17.8. The number of carbonyl (C=O) groups is 2. The van der Waals surface area contributed by atoms with Gasteiger partial charge in [0.1, 0.15) is 11.4 Å². The molecule has 0 aliphatic rings. The quantitative estimate of drug-likeness (QED) is 0.529. The molecule has 7 heteroatoms. The van der Waals surface area contributed by atoms with Crippen molar-refractivity contribution in [2.45, 2.75) is 0 Å². The van der Waals surface area contributed by atoms with Crippen molar-refractivity contribution in [1.82, 2.24) is 15.6 Å². The Kier molecular flexibility index (Phi) is 4.90. The summed E-state index contributed by atoms with van der Waals surface area (Å²) in [5, 5.41) is 16.4. The predicted molar refractivity (Wildman–Crippen MR) is 96.1 cm³/mol. The van der Waals surface area contributed by atoms with Gasteiger partial charge in [0.15, 0.2) is 0 Å². The van der Waals surface area contributed by atoms with Crippen LogP contribution in [0.25, 0.3) is 10.9 Å². The Bertz CT molecular complexity index is 936. The number of hydrogen-bond acceptors (Lipinski definition) is 3. The van der Waals surface area contributed by atoms with Gasteiger partial charge in [-0.1, -0.05) is 23.7 Å². The van der Waals surface area contributed by atoms with Crippen LogP contribution in [0.15, 0.2) is 48.5 Å². The molecule has 2 aromatic carbocycles. The van der Waals surface area contributed by atoms with E-state index in [-0.39, 0.29) is 30.3 Å². The van der Waals surface area contributed by atoms with Crippen LogP contribution in [0.1, 0.15) is 20.8 Å². The molecule has 0 fully saturated rings. The van der Waals surface area contributed by atoms with Gasteiger partial charge in [0, 0.05) is 29.0 Å². The average molecular weight is 358 g/mol. The van der Waals surface area contributed by atoms with Crippen LogP contribution in [0.2, 0.25) is 5.02 Å². The van der Waals surface area contributed by atoms with Gasteiger partial charge in [-0.05, 0) is 36.4 Å². The maximum atomic E-state index is 12.1. The van der Waals surface area contributed by atoms with E-state index >= 15 is 0 Å². The Balaban J connectivity index is 1.52. The summed E-state index contributed by atoms with van der Waals surface area (Å²) < 4.78 is 0. The second kappa shape index (κ2) is 7.27. The number of hydrogen-bond donors (Lipinski definition) is 4. The Labute approximate surface area is 148 Å². The van der Waals surface area contributed by atoms with Crippen LogP contribution in [-0.4, -0.2) is 35.0 Å². The predicted octanol–water partition coefficient (Wildman–Crippen LogP) is 2.69. The minimum Gasteiger partial charge on any atom is -0.507 e. The third-order valence-corrected chi connectivity index (χ3v) is 3.91. The second-order valence-corrected chi connectivity index (χ2v) is 5.88. The van der Waals surface area contributed by atoms with Gasteiger partial charge in [-0.2, -0.15) is 0 Å². The molecule has 3 rings (SSSR count). The van der Waals surface area contributed by atoms with Crippen LogP contribution in [0.5, 0.6) is 5.75 Å². The highest BCUT2D eigenvalue weighted by Crippen LogP contribution is 2.20. The third kappa shape index (κ3) is 3.92. The maximum absolute atomic E-state index is 12.1. The Morgan fingerprint density at radius 2 is 1.72 bits per heavy atom. The molecule has 0 spiro atoms. The number of halogens is 1. The Hall–Kier alpha value is -2.99. The minimum atomic E-state index is -0.396. The summed E-state index contributed by atoms with van der Waals surface area (Å²) in [5.74, 6) is -0.752. The van der Waals surface area contributed by atoms with Crippen molar-refractivity contribution in [3.05, 3.63) is 64.8 Å². The molecule has 1 aromatic heterocycles. The molecule has 0 aliphatic carbocycles.